The van der Waals surface area contributed by atoms with Gasteiger partial charge in [-0.3, -0.25) is 4.79 Å². The number of halogens is 4. The second-order valence-electron chi connectivity index (χ2n) is 8.53. The van der Waals surface area contributed by atoms with Crippen molar-refractivity contribution in [3.8, 4) is 0 Å². The van der Waals surface area contributed by atoms with E-state index in [2.05, 4.69) is 10.6 Å². The van der Waals surface area contributed by atoms with Crippen LogP contribution in [-0.4, -0.2) is 30.9 Å². The van der Waals surface area contributed by atoms with Gasteiger partial charge in [-0.15, -0.1) is 12.4 Å². The van der Waals surface area contributed by atoms with Crippen LogP contribution in [0.4, 0.5) is 10.1 Å². The summed E-state index contributed by atoms with van der Waals surface area (Å²) < 4.78 is 22.2. The maximum absolute atomic E-state index is 14.9. The first-order chi connectivity index (χ1) is 15.5. The van der Waals surface area contributed by atoms with Crippen LogP contribution in [-0.2, 0) is 10.3 Å². The number of nitrogens with zero attached hydrogens (tertiary/aromatic N) is 1. The largest absolute Gasteiger partial charge is 0.381 e. The number of ether oxygens (including phenoxy) is 1. The summed E-state index contributed by atoms with van der Waals surface area (Å²) in [6, 6.07) is 10.6. The Morgan fingerprint density at radius 3 is 2.67 bits per heavy atom. The number of anilines is 1. The molecule has 2 aliphatic heterocycles. The van der Waals surface area contributed by atoms with Crippen LogP contribution in [0.25, 0.3) is 10.8 Å². The molecule has 0 radical (unpaired) electrons. The minimum atomic E-state index is -0.770. The van der Waals surface area contributed by atoms with Crippen molar-refractivity contribution in [3.63, 3.8) is 0 Å². The first-order valence-electron chi connectivity index (χ1n) is 10.8. The molecule has 33 heavy (non-hydrogen) atoms. The van der Waals surface area contributed by atoms with Crippen molar-refractivity contribution < 1.29 is 9.13 Å². The van der Waals surface area contributed by atoms with Crippen LogP contribution in [0.2, 0.25) is 10.0 Å². The first kappa shape index (κ1) is 24.3. The number of nitrogens with one attached hydrogen (secondary N) is 2. The lowest BCUT2D eigenvalue weighted by atomic mass is 9.87. The Morgan fingerprint density at radius 1 is 1.15 bits per heavy atom. The molecule has 9 heteroatoms. The Balaban J connectivity index is 0.00000259. The average molecular weight is 513 g/mol. The van der Waals surface area contributed by atoms with E-state index < -0.39 is 11.4 Å². The molecule has 2 N–H and O–H groups in total. The van der Waals surface area contributed by atoms with Gasteiger partial charge in [-0.2, -0.15) is 0 Å². The zero-order valence-corrected chi connectivity index (χ0v) is 20.2. The highest BCUT2D eigenvalue weighted by atomic mass is 35.5. The molecule has 2 aliphatic rings. The molecule has 176 valence electrons. The second kappa shape index (κ2) is 9.80. The predicted octanol–water partition coefficient (Wildman–Crippen LogP) is 5.52. The minimum absolute atomic E-state index is 0. The monoisotopic (exact) mass is 511 g/mol. The summed E-state index contributed by atoms with van der Waals surface area (Å²) in [5, 5.41) is 8.81. The van der Waals surface area contributed by atoms with Crippen LogP contribution in [0.1, 0.15) is 30.9 Å². The van der Waals surface area contributed by atoms with E-state index in [0.29, 0.717) is 48.7 Å². The summed E-state index contributed by atoms with van der Waals surface area (Å²) in [6.45, 7) is 2.53. The molecule has 1 aromatic heterocycles. The smallest absolute Gasteiger partial charge is 0.258 e. The highest BCUT2D eigenvalue weighted by Gasteiger charge is 2.40. The molecule has 0 unspecified atom stereocenters. The molecule has 5 rings (SSSR count). The van der Waals surface area contributed by atoms with Gasteiger partial charge in [-0.25, -0.2) is 4.39 Å². The fraction of sp³-hybridized carbons (Fsp3) is 0.375. The van der Waals surface area contributed by atoms with Crippen molar-refractivity contribution >= 4 is 52.1 Å². The standard InChI is InChI=1S/C24H24Cl2FN3O2.ClH/c25-19-3-4-20(27)21(22(19)26)24(8-9-28-14-24)29-16-2-1-15-5-10-30(23(31)18(15)13-16)17-6-11-32-12-7-17;/h1-5,10,13,17,28-29H,6-9,11-12,14H2;1H/t24-;/m1./s1. The van der Waals surface area contributed by atoms with E-state index in [1.165, 1.54) is 12.1 Å². The highest BCUT2D eigenvalue weighted by molar-refractivity contribution is 6.42. The van der Waals surface area contributed by atoms with Gasteiger partial charge in [-0.1, -0.05) is 29.3 Å². The minimum Gasteiger partial charge on any atom is -0.381 e. The number of fused-ring (bicyclic) bond motifs is 1. The van der Waals surface area contributed by atoms with E-state index in [-0.39, 0.29) is 29.0 Å². The third-order valence-electron chi connectivity index (χ3n) is 6.58. The Labute approximate surface area is 207 Å². The van der Waals surface area contributed by atoms with E-state index in [9.17, 15) is 9.18 Å². The van der Waals surface area contributed by atoms with Crippen molar-refractivity contribution in [2.45, 2.75) is 30.8 Å². The van der Waals surface area contributed by atoms with Gasteiger partial charge in [0.15, 0.2) is 0 Å². The third kappa shape index (κ3) is 4.47. The normalized spacial score (nSPS) is 21.2. The first-order valence-corrected chi connectivity index (χ1v) is 11.6. The molecule has 3 heterocycles. The molecule has 0 amide bonds. The molecule has 0 saturated carbocycles. The molecule has 0 spiro atoms. The summed E-state index contributed by atoms with van der Waals surface area (Å²) in [5.74, 6) is -0.404. The maximum Gasteiger partial charge on any atom is 0.258 e. The van der Waals surface area contributed by atoms with Gasteiger partial charge in [0, 0.05) is 48.6 Å². The molecule has 2 saturated heterocycles. The summed E-state index contributed by atoms with van der Waals surface area (Å²) >= 11 is 12.7. The fourth-order valence-corrected chi connectivity index (χ4v) is 5.39. The molecule has 3 aromatic rings. The number of pyridine rings is 1. The van der Waals surface area contributed by atoms with E-state index in [0.717, 1.165) is 23.9 Å². The lowest BCUT2D eigenvalue weighted by Gasteiger charge is -2.33. The molecule has 0 bridgehead atoms. The quantitative estimate of drug-likeness (QED) is 0.452. The van der Waals surface area contributed by atoms with E-state index in [1.807, 2.05) is 35.0 Å². The molecule has 5 nitrogen and oxygen atoms in total. The number of rotatable bonds is 4. The fourth-order valence-electron chi connectivity index (χ4n) is 4.90. The van der Waals surface area contributed by atoms with Crippen LogP contribution < -0.4 is 16.2 Å². The average Bonchev–Trinajstić information content (AvgIpc) is 3.27. The zero-order valence-electron chi connectivity index (χ0n) is 17.9. The Kier molecular flexibility index (Phi) is 7.22. The van der Waals surface area contributed by atoms with E-state index >= 15 is 0 Å². The molecular formula is C24H25Cl3FN3O2. The van der Waals surface area contributed by atoms with Gasteiger partial charge in [-0.05, 0) is 61.5 Å². The molecule has 1 atom stereocenters. The Hall–Kier alpha value is -1.83. The van der Waals surface area contributed by atoms with Crippen molar-refractivity contribution in [1.82, 2.24) is 9.88 Å². The highest BCUT2D eigenvalue weighted by Crippen LogP contribution is 2.41. The SMILES string of the molecule is Cl.O=c1c2cc(N[C@]3(c4c(F)ccc(Cl)c4Cl)CCNC3)ccc2ccn1C1CCOCC1. The molecule has 0 aliphatic carbocycles. The summed E-state index contributed by atoms with van der Waals surface area (Å²) in [4.78, 5) is 13.3. The Morgan fingerprint density at radius 2 is 1.94 bits per heavy atom. The van der Waals surface area contributed by atoms with Gasteiger partial charge in [0.2, 0.25) is 0 Å². The van der Waals surface area contributed by atoms with Crippen LogP contribution in [0, 0.1) is 5.82 Å². The lowest BCUT2D eigenvalue weighted by molar-refractivity contribution is 0.0688. The summed E-state index contributed by atoms with van der Waals surface area (Å²) in [7, 11) is 0. The maximum atomic E-state index is 14.9. The topological polar surface area (TPSA) is 55.3 Å². The van der Waals surface area contributed by atoms with Crippen molar-refractivity contribution in [1.29, 1.82) is 0 Å². The van der Waals surface area contributed by atoms with E-state index in [1.54, 1.807) is 0 Å². The number of hydrogen-bond donors (Lipinski definition) is 2. The van der Waals surface area contributed by atoms with Crippen molar-refractivity contribution in [2.75, 3.05) is 31.6 Å². The third-order valence-corrected chi connectivity index (χ3v) is 7.38. The molecular weight excluding hydrogens is 488 g/mol. The summed E-state index contributed by atoms with van der Waals surface area (Å²) in [5.41, 5.74) is 0.292. The van der Waals surface area contributed by atoms with Crippen LogP contribution in [0.3, 0.4) is 0 Å². The van der Waals surface area contributed by atoms with Crippen LogP contribution in [0.15, 0.2) is 47.4 Å². The van der Waals surface area contributed by atoms with Gasteiger partial charge in [0.1, 0.15) is 5.82 Å². The van der Waals surface area contributed by atoms with Gasteiger partial charge >= 0.3 is 0 Å². The number of hydrogen-bond acceptors (Lipinski definition) is 4. The van der Waals surface area contributed by atoms with Gasteiger partial charge in [0.25, 0.3) is 5.56 Å². The Bertz CT molecular complexity index is 1220. The second-order valence-corrected chi connectivity index (χ2v) is 9.31. The lowest BCUT2D eigenvalue weighted by Crippen LogP contribution is -2.39. The van der Waals surface area contributed by atoms with Gasteiger partial charge < -0.3 is 19.9 Å². The van der Waals surface area contributed by atoms with Crippen LogP contribution >= 0.6 is 35.6 Å². The number of benzene rings is 2. The van der Waals surface area contributed by atoms with Crippen molar-refractivity contribution in [3.05, 3.63) is 74.4 Å². The number of aromatic nitrogens is 1. The predicted molar refractivity (Wildman–Crippen MR) is 134 cm³/mol. The molecule has 2 fully saturated rings. The van der Waals surface area contributed by atoms with Crippen molar-refractivity contribution in [2.24, 2.45) is 0 Å². The van der Waals surface area contributed by atoms with Gasteiger partial charge in [0.05, 0.1) is 15.6 Å². The van der Waals surface area contributed by atoms with Crippen LogP contribution in [0.5, 0.6) is 0 Å². The van der Waals surface area contributed by atoms with E-state index in [4.69, 9.17) is 27.9 Å². The zero-order chi connectivity index (χ0) is 22.3. The molecule has 2 aromatic carbocycles. The summed E-state index contributed by atoms with van der Waals surface area (Å²) in [6.07, 6.45) is 4.15.